The first-order valence-electron chi connectivity index (χ1n) is 18.8. The van der Waals surface area contributed by atoms with Crippen LogP contribution in [0.3, 0.4) is 0 Å². The van der Waals surface area contributed by atoms with Crippen molar-refractivity contribution in [3.63, 3.8) is 0 Å². The molecule has 0 aliphatic heterocycles. The number of hydrogen-bond acceptors (Lipinski definition) is 5. The third-order valence-electron chi connectivity index (χ3n) is 7.78. The number of ether oxygens (including phenoxy) is 2. The number of esters is 2. The van der Waals surface area contributed by atoms with E-state index in [1.165, 1.54) is 70.6 Å². The summed E-state index contributed by atoms with van der Waals surface area (Å²) in [5.41, 5.74) is 0. The highest BCUT2D eigenvalue weighted by Crippen LogP contribution is 2.11. The van der Waals surface area contributed by atoms with Crippen molar-refractivity contribution in [2.24, 2.45) is 0 Å². The zero-order chi connectivity index (χ0) is 33.6. The zero-order valence-corrected chi connectivity index (χ0v) is 29.8. The molecule has 0 heterocycles. The van der Waals surface area contributed by atoms with Crippen molar-refractivity contribution >= 4 is 11.9 Å². The van der Waals surface area contributed by atoms with Crippen LogP contribution < -0.4 is 0 Å². The van der Waals surface area contributed by atoms with Crippen LogP contribution in [0.4, 0.5) is 0 Å². The van der Waals surface area contributed by atoms with Crippen LogP contribution in [0.5, 0.6) is 0 Å². The molecule has 46 heavy (non-hydrogen) atoms. The van der Waals surface area contributed by atoms with Gasteiger partial charge in [0.2, 0.25) is 0 Å². The van der Waals surface area contributed by atoms with Gasteiger partial charge < -0.3 is 14.6 Å². The van der Waals surface area contributed by atoms with E-state index in [-0.39, 0.29) is 25.2 Å². The third-order valence-corrected chi connectivity index (χ3v) is 7.78. The van der Waals surface area contributed by atoms with Crippen molar-refractivity contribution in [3.8, 4) is 0 Å². The second-order valence-corrected chi connectivity index (χ2v) is 12.3. The quantitative estimate of drug-likeness (QED) is 0.0438. The summed E-state index contributed by atoms with van der Waals surface area (Å²) in [6.07, 6.45) is 47.0. The lowest BCUT2D eigenvalue weighted by Gasteiger charge is -2.15. The first-order valence-corrected chi connectivity index (χ1v) is 18.8. The molecule has 0 saturated heterocycles. The van der Waals surface area contributed by atoms with Crippen LogP contribution in [0.15, 0.2) is 60.8 Å². The number of rotatable bonds is 33. The minimum absolute atomic E-state index is 0.0854. The normalized spacial score (nSPS) is 12.8. The summed E-state index contributed by atoms with van der Waals surface area (Å²) >= 11 is 0. The molecule has 0 unspecified atom stereocenters. The van der Waals surface area contributed by atoms with Gasteiger partial charge in [0.15, 0.2) is 6.10 Å². The predicted octanol–water partition coefficient (Wildman–Crippen LogP) is 11.6. The standard InChI is InChI=1S/C41H70O5/c1-3-5-7-9-11-13-15-17-18-19-20-21-22-24-26-28-30-32-34-36-41(44)46-39(37-42)38-45-40(43)35-33-31-29-27-25-23-16-14-12-10-8-6-4-2/h11,13-14,16-18,20-21,24,26,39,42H,3-10,12,15,19,22-23,25,27-38H2,1-2H3/t39-/m0/s1. The average Bonchev–Trinajstić information content (AvgIpc) is 3.06. The maximum Gasteiger partial charge on any atom is 0.306 e. The van der Waals surface area contributed by atoms with Crippen LogP contribution in [0, 0.1) is 0 Å². The maximum absolute atomic E-state index is 12.1. The Morgan fingerprint density at radius 1 is 0.500 bits per heavy atom. The highest BCUT2D eigenvalue weighted by atomic mass is 16.6. The van der Waals surface area contributed by atoms with Crippen molar-refractivity contribution in [1.29, 1.82) is 0 Å². The molecule has 1 atom stereocenters. The Balaban J connectivity index is 3.68. The van der Waals surface area contributed by atoms with Gasteiger partial charge in [0.1, 0.15) is 6.61 Å². The third kappa shape index (κ3) is 34.5. The molecule has 0 spiro atoms. The minimum atomic E-state index is -0.792. The number of carbonyl (C=O) groups excluding carboxylic acids is 2. The van der Waals surface area contributed by atoms with Gasteiger partial charge >= 0.3 is 11.9 Å². The van der Waals surface area contributed by atoms with E-state index < -0.39 is 6.10 Å². The molecule has 0 aromatic rings. The van der Waals surface area contributed by atoms with Crippen LogP contribution in [-0.4, -0.2) is 36.4 Å². The molecular weight excluding hydrogens is 572 g/mol. The summed E-state index contributed by atoms with van der Waals surface area (Å²) in [6, 6.07) is 0. The molecular formula is C41H70O5. The molecule has 0 aromatic carbocycles. The Morgan fingerprint density at radius 2 is 0.870 bits per heavy atom. The molecule has 0 rings (SSSR count). The lowest BCUT2D eigenvalue weighted by molar-refractivity contribution is -0.161. The van der Waals surface area contributed by atoms with Crippen molar-refractivity contribution < 1.29 is 24.2 Å². The lowest BCUT2D eigenvalue weighted by Crippen LogP contribution is -2.28. The lowest BCUT2D eigenvalue weighted by atomic mass is 10.1. The van der Waals surface area contributed by atoms with Crippen LogP contribution in [0.25, 0.3) is 0 Å². The van der Waals surface area contributed by atoms with Gasteiger partial charge in [0, 0.05) is 12.8 Å². The van der Waals surface area contributed by atoms with Crippen molar-refractivity contribution in [1.82, 2.24) is 0 Å². The fourth-order valence-corrected chi connectivity index (χ4v) is 4.88. The summed E-state index contributed by atoms with van der Waals surface area (Å²) in [5, 5.41) is 9.53. The van der Waals surface area contributed by atoms with Gasteiger partial charge in [0.25, 0.3) is 0 Å². The van der Waals surface area contributed by atoms with E-state index >= 15 is 0 Å². The van der Waals surface area contributed by atoms with Gasteiger partial charge in [-0.1, -0.05) is 132 Å². The largest absolute Gasteiger partial charge is 0.462 e. The van der Waals surface area contributed by atoms with Gasteiger partial charge in [-0.3, -0.25) is 9.59 Å². The zero-order valence-electron chi connectivity index (χ0n) is 29.8. The van der Waals surface area contributed by atoms with Gasteiger partial charge in [-0.2, -0.15) is 0 Å². The number of hydrogen-bond donors (Lipinski definition) is 1. The maximum atomic E-state index is 12.1. The molecule has 0 aliphatic carbocycles. The SMILES string of the molecule is CCCCCC=CCC=CCC=CCC=CCCCCCC(=O)O[C@@H](CO)COC(=O)CCCCCCCC=CCCCCCC. The molecule has 264 valence electrons. The van der Waals surface area contributed by atoms with Crippen molar-refractivity contribution in [2.45, 2.75) is 174 Å². The van der Waals surface area contributed by atoms with Crippen LogP contribution >= 0.6 is 0 Å². The average molecular weight is 643 g/mol. The van der Waals surface area contributed by atoms with E-state index in [1.54, 1.807) is 0 Å². The Hall–Kier alpha value is -2.40. The molecule has 0 amide bonds. The highest BCUT2D eigenvalue weighted by molar-refractivity contribution is 5.70. The Labute approximate surface area is 283 Å². The van der Waals surface area contributed by atoms with E-state index in [2.05, 4.69) is 74.6 Å². The Morgan fingerprint density at radius 3 is 1.39 bits per heavy atom. The summed E-state index contributed by atoms with van der Waals surface area (Å²) in [4.78, 5) is 24.2. The predicted molar refractivity (Wildman–Crippen MR) is 196 cm³/mol. The Kier molecular flexibility index (Phi) is 35.1. The topological polar surface area (TPSA) is 72.8 Å². The Bertz CT molecular complexity index is 823. The molecule has 0 bridgehead atoms. The van der Waals surface area contributed by atoms with Gasteiger partial charge in [-0.15, -0.1) is 0 Å². The first kappa shape index (κ1) is 43.6. The van der Waals surface area contributed by atoms with E-state index in [0.29, 0.717) is 12.8 Å². The number of carbonyl (C=O) groups is 2. The number of unbranched alkanes of at least 4 members (excludes halogenated alkanes) is 15. The second-order valence-electron chi connectivity index (χ2n) is 12.3. The molecule has 0 aliphatic rings. The van der Waals surface area contributed by atoms with E-state index in [0.717, 1.165) is 70.6 Å². The monoisotopic (exact) mass is 643 g/mol. The second kappa shape index (κ2) is 37.1. The van der Waals surface area contributed by atoms with E-state index in [1.807, 2.05) is 0 Å². The number of aliphatic hydroxyl groups is 1. The number of allylic oxidation sites excluding steroid dienone is 10. The molecule has 0 saturated carbocycles. The number of aliphatic hydroxyl groups excluding tert-OH is 1. The molecule has 5 heteroatoms. The molecule has 1 N–H and O–H groups in total. The minimum Gasteiger partial charge on any atom is -0.462 e. The highest BCUT2D eigenvalue weighted by Gasteiger charge is 2.16. The van der Waals surface area contributed by atoms with E-state index in [4.69, 9.17) is 9.47 Å². The van der Waals surface area contributed by atoms with Gasteiger partial charge in [0.05, 0.1) is 6.61 Å². The fraction of sp³-hybridized carbons (Fsp3) is 0.707. The van der Waals surface area contributed by atoms with Crippen molar-refractivity contribution in [3.05, 3.63) is 60.8 Å². The summed E-state index contributed by atoms with van der Waals surface area (Å²) in [7, 11) is 0. The summed E-state index contributed by atoms with van der Waals surface area (Å²) in [5.74, 6) is -0.642. The van der Waals surface area contributed by atoms with Gasteiger partial charge in [-0.05, 0) is 83.5 Å². The summed E-state index contributed by atoms with van der Waals surface area (Å²) < 4.78 is 10.6. The molecule has 0 fully saturated rings. The molecule has 0 aromatic heterocycles. The first-order chi connectivity index (χ1) is 22.6. The van der Waals surface area contributed by atoms with Crippen LogP contribution in [0.2, 0.25) is 0 Å². The van der Waals surface area contributed by atoms with Crippen LogP contribution in [-0.2, 0) is 19.1 Å². The fourth-order valence-electron chi connectivity index (χ4n) is 4.88. The summed E-state index contributed by atoms with van der Waals surface area (Å²) in [6.45, 7) is 4.04. The van der Waals surface area contributed by atoms with Gasteiger partial charge in [-0.25, -0.2) is 0 Å². The van der Waals surface area contributed by atoms with E-state index in [9.17, 15) is 14.7 Å². The molecule has 5 nitrogen and oxygen atoms in total. The molecule has 0 radical (unpaired) electrons. The smallest absolute Gasteiger partial charge is 0.306 e. The van der Waals surface area contributed by atoms with Crippen LogP contribution in [0.1, 0.15) is 168 Å². The van der Waals surface area contributed by atoms with Crippen molar-refractivity contribution in [2.75, 3.05) is 13.2 Å².